The Morgan fingerprint density at radius 1 is 0.900 bits per heavy atom. The number of carbonyl (C=O) groups excluding carboxylic acids is 1. The van der Waals surface area contributed by atoms with E-state index >= 15 is 0 Å². The summed E-state index contributed by atoms with van der Waals surface area (Å²) in [5, 5.41) is 12.7. The van der Waals surface area contributed by atoms with Crippen LogP contribution >= 0.6 is 35.0 Å². The predicted molar refractivity (Wildman–Crippen MR) is 156 cm³/mol. The number of hydrogen-bond acceptors (Lipinski definition) is 7. The molecule has 0 spiro atoms. The molecule has 3 aromatic carbocycles. The van der Waals surface area contributed by atoms with Crippen molar-refractivity contribution in [3.63, 3.8) is 0 Å². The lowest BCUT2D eigenvalue weighted by Gasteiger charge is -2.17. The van der Waals surface area contributed by atoms with Gasteiger partial charge in [-0.25, -0.2) is 4.39 Å². The first-order valence-corrected chi connectivity index (χ1v) is 14.2. The van der Waals surface area contributed by atoms with Crippen molar-refractivity contribution in [3.05, 3.63) is 70.5 Å². The van der Waals surface area contributed by atoms with Crippen molar-refractivity contribution in [2.45, 2.75) is 25.9 Å². The number of anilines is 1. The number of nitrogens with one attached hydrogen (secondary N) is 1. The van der Waals surface area contributed by atoms with Gasteiger partial charge < -0.3 is 19.5 Å². The van der Waals surface area contributed by atoms with E-state index < -0.39 is 0 Å². The van der Waals surface area contributed by atoms with Crippen molar-refractivity contribution >= 4 is 46.6 Å². The third-order valence-electron chi connectivity index (χ3n) is 5.42. The van der Waals surface area contributed by atoms with Gasteiger partial charge >= 0.3 is 0 Å². The van der Waals surface area contributed by atoms with Gasteiger partial charge in [-0.05, 0) is 75.4 Å². The lowest BCUT2D eigenvalue weighted by molar-refractivity contribution is -0.113. The van der Waals surface area contributed by atoms with E-state index in [0.717, 1.165) is 0 Å². The number of aromatic nitrogens is 3. The topological polar surface area (TPSA) is 87.5 Å². The molecule has 0 unspecified atom stereocenters. The SMILES string of the molecule is CCOc1cc(-c2nnc(SCC(=O)Nc3ccc(Cl)c(Cl)c3)n2-c2ccc(F)cc2)cc(OCC)c1OCC. The molecule has 0 aliphatic rings. The third kappa shape index (κ3) is 6.99. The first-order valence-electron chi connectivity index (χ1n) is 12.5. The van der Waals surface area contributed by atoms with Crippen molar-refractivity contribution in [1.29, 1.82) is 0 Å². The number of thioether (sulfide) groups is 1. The van der Waals surface area contributed by atoms with Gasteiger partial charge in [0.1, 0.15) is 5.82 Å². The highest BCUT2D eigenvalue weighted by atomic mass is 35.5. The summed E-state index contributed by atoms with van der Waals surface area (Å²) < 4.78 is 33.1. The molecule has 1 amide bonds. The number of rotatable bonds is 12. The van der Waals surface area contributed by atoms with Crippen molar-refractivity contribution in [2.24, 2.45) is 0 Å². The van der Waals surface area contributed by atoms with Gasteiger partial charge in [0, 0.05) is 16.9 Å². The van der Waals surface area contributed by atoms with Crippen molar-refractivity contribution in [3.8, 4) is 34.3 Å². The van der Waals surface area contributed by atoms with Crippen LogP contribution in [0.5, 0.6) is 17.2 Å². The summed E-state index contributed by atoms with van der Waals surface area (Å²) in [6.07, 6.45) is 0. The van der Waals surface area contributed by atoms with Crippen molar-refractivity contribution in [2.75, 3.05) is 30.9 Å². The van der Waals surface area contributed by atoms with E-state index in [-0.39, 0.29) is 17.5 Å². The maximum atomic E-state index is 13.8. The highest BCUT2D eigenvalue weighted by molar-refractivity contribution is 7.99. The second kappa shape index (κ2) is 13.7. The standard InChI is InChI=1S/C28H27Cl2FN4O4S/c1-4-37-23-13-17(14-24(38-5-2)26(23)39-6-3)27-33-34-28(35(27)20-10-7-18(31)8-11-20)40-16-25(36)32-19-9-12-21(29)22(30)15-19/h7-15H,4-6,16H2,1-3H3,(H,32,36). The minimum absolute atomic E-state index is 0.0250. The molecule has 0 saturated carbocycles. The third-order valence-corrected chi connectivity index (χ3v) is 7.09. The molecular weight excluding hydrogens is 578 g/mol. The first-order chi connectivity index (χ1) is 19.3. The van der Waals surface area contributed by atoms with E-state index in [1.807, 2.05) is 20.8 Å². The molecule has 0 aliphatic heterocycles. The number of benzene rings is 3. The van der Waals surface area contributed by atoms with Crippen LogP contribution in [-0.2, 0) is 4.79 Å². The molecule has 1 N–H and O–H groups in total. The second-order valence-corrected chi connectivity index (χ2v) is 9.94. The molecule has 1 aromatic heterocycles. The smallest absolute Gasteiger partial charge is 0.234 e. The number of amides is 1. The maximum absolute atomic E-state index is 13.8. The fourth-order valence-electron chi connectivity index (χ4n) is 3.79. The van der Waals surface area contributed by atoms with Crippen LogP contribution in [0.15, 0.2) is 59.8 Å². The molecule has 40 heavy (non-hydrogen) atoms. The first kappa shape index (κ1) is 29.5. The molecule has 4 rings (SSSR count). The fourth-order valence-corrected chi connectivity index (χ4v) is 4.84. The maximum Gasteiger partial charge on any atom is 0.234 e. The number of nitrogens with zero attached hydrogens (tertiary/aromatic N) is 3. The van der Waals surface area contributed by atoms with Gasteiger partial charge in [0.15, 0.2) is 22.5 Å². The van der Waals surface area contributed by atoms with Crippen LogP contribution in [0.2, 0.25) is 10.0 Å². The highest BCUT2D eigenvalue weighted by Crippen LogP contribution is 2.42. The van der Waals surface area contributed by atoms with Gasteiger partial charge in [-0.15, -0.1) is 10.2 Å². The van der Waals surface area contributed by atoms with Crippen LogP contribution in [0.3, 0.4) is 0 Å². The molecule has 8 nitrogen and oxygen atoms in total. The lowest BCUT2D eigenvalue weighted by atomic mass is 10.1. The van der Waals surface area contributed by atoms with Crippen LogP contribution < -0.4 is 19.5 Å². The quantitative estimate of drug-likeness (QED) is 0.170. The van der Waals surface area contributed by atoms with E-state index in [1.165, 1.54) is 23.9 Å². The number of carbonyl (C=O) groups is 1. The van der Waals surface area contributed by atoms with Gasteiger partial charge in [-0.3, -0.25) is 9.36 Å². The number of hydrogen-bond donors (Lipinski definition) is 1. The lowest BCUT2D eigenvalue weighted by Crippen LogP contribution is -2.14. The predicted octanol–water partition coefficient (Wildman–Crippen LogP) is 7.31. The molecule has 0 bridgehead atoms. The van der Waals surface area contributed by atoms with E-state index in [1.54, 1.807) is 47.0 Å². The Balaban J connectivity index is 1.71. The molecule has 4 aromatic rings. The summed E-state index contributed by atoms with van der Waals surface area (Å²) in [7, 11) is 0. The van der Waals surface area contributed by atoms with E-state index in [2.05, 4.69) is 15.5 Å². The Morgan fingerprint density at radius 3 is 2.15 bits per heavy atom. The minimum Gasteiger partial charge on any atom is -0.490 e. The molecule has 210 valence electrons. The normalized spacial score (nSPS) is 10.8. The van der Waals surface area contributed by atoms with E-state index in [4.69, 9.17) is 37.4 Å². The number of ether oxygens (including phenoxy) is 3. The zero-order valence-corrected chi connectivity index (χ0v) is 24.4. The molecular formula is C28H27Cl2FN4O4S. The second-order valence-electron chi connectivity index (χ2n) is 8.18. The van der Waals surface area contributed by atoms with Gasteiger partial charge in [-0.1, -0.05) is 35.0 Å². The average molecular weight is 606 g/mol. The number of halogens is 3. The van der Waals surface area contributed by atoms with Gasteiger partial charge in [0.05, 0.1) is 35.6 Å². The molecule has 0 fully saturated rings. The summed E-state index contributed by atoms with van der Waals surface area (Å²) in [5.74, 6) is 1.30. The zero-order valence-electron chi connectivity index (χ0n) is 22.0. The Morgan fingerprint density at radius 2 is 1.55 bits per heavy atom. The van der Waals surface area contributed by atoms with E-state index in [9.17, 15) is 9.18 Å². The summed E-state index contributed by atoms with van der Waals surface area (Å²) in [6, 6.07) is 14.4. The summed E-state index contributed by atoms with van der Waals surface area (Å²) >= 11 is 13.2. The van der Waals surface area contributed by atoms with Gasteiger partial charge in [0.2, 0.25) is 11.7 Å². The van der Waals surface area contributed by atoms with Crippen LogP contribution in [0.1, 0.15) is 20.8 Å². The minimum atomic E-state index is -0.382. The molecule has 0 atom stereocenters. The fraction of sp³-hybridized carbons (Fsp3) is 0.250. The van der Waals surface area contributed by atoms with Crippen molar-refractivity contribution < 1.29 is 23.4 Å². The summed E-state index contributed by atoms with van der Waals surface area (Å²) in [5.41, 5.74) is 1.76. The largest absolute Gasteiger partial charge is 0.490 e. The van der Waals surface area contributed by atoms with Crippen LogP contribution in [-0.4, -0.2) is 46.2 Å². The van der Waals surface area contributed by atoms with Gasteiger partial charge in [-0.2, -0.15) is 0 Å². The Kier molecular flexibility index (Phi) is 10.1. The molecule has 0 aliphatic carbocycles. The molecule has 0 saturated heterocycles. The molecule has 1 heterocycles. The van der Waals surface area contributed by atoms with Crippen LogP contribution in [0.4, 0.5) is 10.1 Å². The Hall–Kier alpha value is -3.47. The van der Waals surface area contributed by atoms with E-state index in [0.29, 0.717) is 75.0 Å². The highest BCUT2D eigenvalue weighted by Gasteiger charge is 2.22. The Bertz CT molecular complexity index is 1460. The van der Waals surface area contributed by atoms with Crippen molar-refractivity contribution in [1.82, 2.24) is 14.8 Å². The Labute approximate surface area is 245 Å². The van der Waals surface area contributed by atoms with Crippen LogP contribution in [0, 0.1) is 5.82 Å². The molecule has 0 radical (unpaired) electrons. The zero-order chi connectivity index (χ0) is 28.6. The monoisotopic (exact) mass is 604 g/mol. The summed E-state index contributed by atoms with van der Waals surface area (Å²) in [4.78, 5) is 12.7. The average Bonchev–Trinajstić information content (AvgIpc) is 3.36. The summed E-state index contributed by atoms with van der Waals surface area (Å²) in [6.45, 7) is 6.88. The molecule has 12 heteroatoms. The van der Waals surface area contributed by atoms with Gasteiger partial charge in [0.25, 0.3) is 0 Å². The van der Waals surface area contributed by atoms with Crippen LogP contribution in [0.25, 0.3) is 17.1 Å².